The van der Waals surface area contributed by atoms with Gasteiger partial charge in [-0.2, -0.15) is 18.3 Å². The zero-order valence-corrected chi connectivity index (χ0v) is 12.0. The van der Waals surface area contributed by atoms with E-state index in [1.807, 2.05) is 19.9 Å². The summed E-state index contributed by atoms with van der Waals surface area (Å²) >= 11 is 0. The third kappa shape index (κ3) is 3.14. The summed E-state index contributed by atoms with van der Waals surface area (Å²) in [5, 5.41) is 6.92. The van der Waals surface area contributed by atoms with Crippen molar-refractivity contribution in [2.24, 2.45) is 0 Å². The van der Waals surface area contributed by atoms with E-state index in [1.165, 1.54) is 17.8 Å². The Labute approximate surface area is 120 Å². The molecule has 2 aromatic rings. The van der Waals surface area contributed by atoms with Gasteiger partial charge in [0.05, 0.1) is 5.69 Å². The number of aryl methyl sites for hydroxylation is 2. The Bertz CT molecular complexity index is 633. The molecule has 5 nitrogen and oxygen atoms in total. The Hall–Kier alpha value is -2.12. The van der Waals surface area contributed by atoms with Crippen LogP contribution < -0.4 is 5.32 Å². The van der Waals surface area contributed by atoms with Gasteiger partial charge in [0.15, 0.2) is 5.82 Å². The highest BCUT2D eigenvalue weighted by atomic mass is 19.4. The van der Waals surface area contributed by atoms with Gasteiger partial charge in [-0.3, -0.25) is 0 Å². The molecule has 0 unspecified atom stereocenters. The van der Waals surface area contributed by atoms with Gasteiger partial charge in [0.25, 0.3) is 0 Å². The van der Waals surface area contributed by atoms with Crippen LogP contribution in [0.5, 0.6) is 0 Å². The van der Waals surface area contributed by atoms with Crippen molar-refractivity contribution in [2.75, 3.05) is 12.4 Å². The maximum atomic E-state index is 12.9. The Kier molecular flexibility index (Phi) is 4.15. The highest BCUT2D eigenvalue weighted by Gasteiger charge is 2.35. The lowest BCUT2D eigenvalue weighted by Gasteiger charge is -2.11. The number of aromatic nitrogens is 4. The second-order valence-corrected chi connectivity index (χ2v) is 4.43. The van der Waals surface area contributed by atoms with E-state index in [0.717, 1.165) is 11.4 Å². The van der Waals surface area contributed by atoms with Gasteiger partial charge in [0, 0.05) is 18.8 Å². The van der Waals surface area contributed by atoms with Crippen LogP contribution >= 0.6 is 0 Å². The minimum Gasteiger partial charge on any atom is -0.373 e. The monoisotopic (exact) mass is 299 g/mol. The van der Waals surface area contributed by atoms with Crippen LogP contribution in [-0.2, 0) is 19.0 Å². The molecular weight excluding hydrogens is 283 g/mol. The first kappa shape index (κ1) is 15.3. The third-order valence-electron chi connectivity index (χ3n) is 3.00. The normalized spacial score (nSPS) is 11.7. The van der Waals surface area contributed by atoms with E-state index in [4.69, 9.17) is 0 Å². The first-order valence-corrected chi connectivity index (χ1v) is 6.61. The Balaban J connectivity index is 2.60. The number of anilines is 1. The van der Waals surface area contributed by atoms with E-state index in [0.29, 0.717) is 12.8 Å². The number of nitrogens with zero attached hydrogens (tertiary/aromatic N) is 4. The average Bonchev–Trinajstić information content (AvgIpc) is 2.89. The molecule has 0 amide bonds. The molecule has 21 heavy (non-hydrogen) atoms. The lowest BCUT2D eigenvalue weighted by Crippen LogP contribution is -2.16. The molecule has 0 radical (unpaired) electrons. The van der Waals surface area contributed by atoms with Gasteiger partial charge in [-0.15, -0.1) is 0 Å². The molecule has 2 rings (SSSR count). The number of halogens is 3. The molecule has 2 aromatic heterocycles. The van der Waals surface area contributed by atoms with Crippen molar-refractivity contribution in [3.8, 4) is 5.82 Å². The third-order valence-corrected chi connectivity index (χ3v) is 3.00. The van der Waals surface area contributed by atoms with Gasteiger partial charge >= 0.3 is 6.18 Å². The maximum absolute atomic E-state index is 12.9. The molecule has 0 bridgehead atoms. The molecule has 0 saturated carbocycles. The highest BCUT2D eigenvalue weighted by molar-refractivity contribution is 5.42. The van der Waals surface area contributed by atoms with E-state index >= 15 is 0 Å². The second-order valence-electron chi connectivity index (χ2n) is 4.43. The van der Waals surface area contributed by atoms with Crippen molar-refractivity contribution in [2.45, 2.75) is 32.9 Å². The Morgan fingerprint density at radius 2 is 1.86 bits per heavy atom. The number of hydrogen-bond acceptors (Lipinski definition) is 4. The van der Waals surface area contributed by atoms with Crippen LogP contribution in [0, 0.1) is 0 Å². The summed E-state index contributed by atoms with van der Waals surface area (Å²) in [6.07, 6.45) is -3.25. The fraction of sp³-hybridized carbons (Fsp3) is 0.462. The van der Waals surface area contributed by atoms with Crippen molar-refractivity contribution in [1.82, 2.24) is 19.7 Å². The molecule has 1 N–H and O–H groups in total. The molecule has 0 aliphatic heterocycles. The standard InChI is InChI=1S/C13H16F3N5/c1-4-8-6-9(5-2)21(20-8)11-7-10(17-3)18-12(19-11)13(14,15)16/h6-7H,4-5H2,1-3H3,(H,17,18,19). The zero-order valence-electron chi connectivity index (χ0n) is 12.0. The van der Waals surface area contributed by atoms with Crippen LogP contribution in [0.3, 0.4) is 0 Å². The van der Waals surface area contributed by atoms with Crippen molar-refractivity contribution in [1.29, 1.82) is 0 Å². The van der Waals surface area contributed by atoms with Crippen LogP contribution in [0.15, 0.2) is 12.1 Å². The highest BCUT2D eigenvalue weighted by Crippen LogP contribution is 2.28. The number of hydrogen-bond donors (Lipinski definition) is 1. The lowest BCUT2D eigenvalue weighted by molar-refractivity contribution is -0.144. The van der Waals surface area contributed by atoms with Gasteiger partial charge in [0.2, 0.25) is 5.82 Å². The predicted octanol–water partition coefficient (Wildman–Crippen LogP) is 2.85. The van der Waals surface area contributed by atoms with Crippen molar-refractivity contribution in [3.05, 3.63) is 29.3 Å². The predicted molar refractivity (Wildman–Crippen MR) is 72.5 cm³/mol. The van der Waals surface area contributed by atoms with E-state index in [2.05, 4.69) is 20.4 Å². The molecule has 0 aliphatic carbocycles. The van der Waals surface area contributed by atoms with Crippen molar-refractivity contribution in [3.63, 3.8) is 0 Å². The smallest absolute Gasteiger partial charge is 0.373 e. The molecule has 0 saturated heterocycles. The largest absolute Gasteiger partial charge is 0.451 e. The van der Waals surface area contributed by atoms with E-state index in [9.17, 15) is 13.2 Å². The second kappa shape index (κ2) is 5.71. The zero-order chi connectivity index (χ0) is 15.6. The SMILES string of the molecule is CCc1cc(CC)n(-c2cc(NC)nc(C(F)(F)F)n2)n1. The molecule has 0 fully saturated rings. The van der Waals surface area contributed by atoms with Gasteiger partial charge in [-0.05, 0) is 18.9 Å². The maximum Gasteiger partial charge on any atom is 0.451 e. The fourth-order valence-electron chi connectivity index (χ4n) is 1.90. The fourth-order valence-corrected chi connectivity index (χ4v) is 1.90. The van der Waals surface area contributed by atoms with Crippen LogP contribution in [0.2, 0.25) is 0 Å². The van der Waals surface area contributed by atoms with Crippen LogP contribution in [-0.4, -0.2) is 26.8 Å². The molecule has 114 valence electrons. The minimum absolute atomic E-state index is 0.0999. The van der Waals surface area contributed by atoms with E-state index < -0.39 is 12.0 Å². The number of nitrogens with one attached hydrogen (secondary N) is 1. The van der Waals surface area contributed by atoms with Gasteiger partial charge in [-0.1, -0.05) is 13.8 Å². The van der Waals surface area contributed by atoms with Crippen molar-refractivity contribution < 1.29 is 13.2 Å². The minimum atomic E-state index is -4.60. The molecule has 0 spiro atoms. The molecule has 2 heterocycles. The first-order chi connectivity index (χ1) is 9.88. The molecule has 0 aromatic carbocycles. The quantitative estimate of drug-likeness (QED) is 0.943. The summed E-state index contributed by atoms with van der Waals surface area (Å²) in [5.41, 5.74) is 1.62. The van der Waals surface area contributed by atoms with Gasteiger partial charge in [0.1, 0.15) is 5.82 Å². The van der Waals surface area contributed by atoms with Crippen LogP contribution in [0.4, 0.5) is 19.0 Å². The average molecular weight is 299 g/mol. The van der Waals surface area contributed by atoms with Gasteiger partial charge in [-0.25, -0.2) is 14.6 Å². The van der Waals surface area contributed by atoms with Gasteiger partial charge < -0.3 is 5.32 Å². The first-order valence-electron chi connectivity index (χ1n) is 6.61. The molecule has 8 heteroatoms. The Morgan fingerprint density at radius 1 is 1.14 bits per heavy atom. The summed E-state index contributed by atoms with van der Waals surface area (Å²) in [5.74, 6) is -0.971. The molecule has 0 aliphatic rings. The van der Waals surface area contributed by atoms with Crippen molar-refractivity contribution >= 4 is 5.82 Å². The lowest BCUT2D eigenvalue weighted by atomic mass is 10.2. The van der Waals surface area contributed by atoms with Crippen LogP contribution in [0.1, 0.15) is 31.1 Å². The molecule has 0 atom stereocenters. The van der Waals surface area contributed by atoms with E-state index in [-0.39, 0.29) is 11.6 Å². The molecular formula is C13H16F3N5. The summed E-state index contributed by atoms with van der Waals surface area (Å²) in [6, 6.07) is 3.31. The van der Waals surface area contributed by atoms with E-state index in [1.54, 1.807) is 0 Å². The Morgan fingerprint density at radius 3 is 2.38 bits per heavy atom. The van der Waals surface area contributed by atoms with Crippen LogP contribution in [0.25, 0.3) is 5.82 Å². The number of alkyl halides is 3. The topological polar surface area (TPSA) is 55.6 Å². The summed E-state index contributed by atoms with van der Waals surface area (Å²) in [6.45, 7) is 3.85. The summed E-state index contributed by atoms with van der Waals surface area (Å²) < 4.78 is 40.1. The summed E-state index contributed by atoms with van der Waals surface area (Å²) in [4.78, 5) is 7.05. The number of rotatable bonds is 4. The summed E-state index contributed by atoms with van der Waals surface area (Å²) in [7, 11) is 1.51.